The highest BCUT2D eigenvalue weighted by Crippen LogP contribution is 2.17. The smallest absolute Gasteiger partial charge is 0.181 e. The quantitative estimate of drug-likeness (QED) is 0.883. The molecular weight excluding hydrogens is 220 g/mol. The van der Waals surface area contributed by atoms with Crippen LogP contribution in [0.15, 0.2) is 17.0 Å². The van der Waals surface area contributed by atoms with Crippen molar-refractivity contribution in [3.8, 4) is 11.5 Å². The van der Waals surface area contributed by atoms with Crippen molar-refractivity contribution in [3.63, 3.8) is 0 Å². The van der Waals surface area contributed by atoms with Crippen LogP contribution in [0.4, 0.5) is 5.82 Å². The number of hydrogen-bond donors (Lipinski definition) is 1. The van der Waals surface area contributed by atoms with Crippen LogP contribution in [0.25, 0.3) is 11.5 Å². The van der Waals surface area contributed by atoms with Gasteiger partial charge in [0.1, 0.15) is 11.5 Å². The lowest BCUT2D eigenvalue weighted by Crippen LogP contribution is -2.03. The minimum Gasteiger partial charge on any atom is -0.370 e. The Kier molecular flexibility index (Phi) is 3.46. The van der Waals surface area contributed by atoms with Crippen molar-refractivity contribution in [2.75, 3.05) is 11.9 Å². The van der Waals surface area contributed by atoms with Crippen molar-refractivity contribution in [2.45, 2.75) is 20.3 Å². The molecule has 0 spiro atoms. The third-order valence-electron chi connectivity index (χ3n) is 2.16. The fourth-order valence-electron chi connectivity index (χ4n) is 1.39. The summed E-state index contributed by atoms with van der Waals surface area (Å²) in [6.45, 7) is 5.00. The predicted molar refractivity (Wildman–Crippen MR) is 66.7 cm³/mol. The fourth-order valence-corrected chi connectivity index (χ4v) is 1.92. The maximum atomic E-state index is 4.47. The van der Waals surface area contributed by atoms with Crippen LogP contribution in [0.1, 0.15) is 19.5 Å². The first-order valence-corrected chi connectivity index (χ1v) is 6.28. The molecule has 5 heteroatoms. The Balaban J connectivity index is 2.41. The normalized spacial score (nSPS) is 10.4. The Morgan fingerprint density at radius 2 is 2.19 bits per heavy atom. The lowest BCUT2D eigenvalue weighted by atomic mass is 10.3. The van der Waals surface area contributed by atoms with Crippen LogP contribution in [-0.2, 0) is 6.42 Å². The lowest BCUT2D eigenvalue weighted by Gasteiger charge is -2.06. The van der Waals surface area contributed by atoms with E-state index in [0.717, 1.165) is 30.2 Å². The molecule has 2 heterocycles. The van der Waals surface area contributed by atoms with Crippen LogP contribution in [0.5, 0.6) is 0 Å². The van der Waals surface area contributed by atoms with Gasteiger partial charge in [0.05, 0.1) is 5.51 Å². The van der Waals surface area contributed by atoms with E-state index in [1.54, 1.807) is 16.8 Å². The van der Waals surface area contributed by atoms with E-state index in [1.165, 1.54) is 0 Å². The molecule has 0 saturated heterocycles. The molecule has 0 aliphatic heterocycles. The fraction of sp³-hybridized carbons (Fsp3) is 0.364. The Morgan fingerprint density at radius 3 is 2.81 bits per heavy atom. The second kappa shape index (κ2) is 5.03. The number of aryl methyl sites for hydroxylation is 1. The molecular formula is C11H14N4S. The van der Waals surface area contributed by atoms with E-state index in [9.17, 15) is 0 Å². The third-order valence-corrected chi connectivity index (χ3v) is 2.75. The van der Waals surface area contributed by atoms with Gasteiger partial charge in [-0.25, -0.2) is 15.0 Å². The number of rotatable bonds is 4. The van der Waals surface area contributed by atoms with E-state index >= 15 is 0 Å². The molecule has 2 rings (SSSR count). The maximum absolute atomic E-state index is 4.47. The van der Waals surface area contributed by atoms with Crippen molar-refractivity contribution in [3.05, 3.63) is 22.7 Å². The van der Waals surface area contributed by atoms with Crippen LogP contribution >= 0.6 is 11.3 Å². The number of anilines is 1. The molecule has 4 nitrogen and oxygen atoms in total. The summed E-state index contributed by atoms with van der Waals surface area (Å²) < 4.78 is 0. The molecule has 2 aromatic rings. The zero-order valence-corrected chi connectivity index (χ0v) is 10.2. The van der Waals surface area contributed by atoms with Gasteiger partial charge < -0.3 is 5.32 Å². The van der Waals surface area contributed by atoms with E-state index < -0.39 is 0 Å². The Labute approximate surface area is 98.8 Å². The summed E-state index contributed by atoms with van der Waals surface area (Å²) >= 11 is 1.56. The Bertz CT molecular complexity index is 453. The van der Waals surface area contributed by atoms with E-state index in [2.05, 4.69) is 34.1 Å². The number of nitrogens with one attached hydrogen (secondary N) is 1. The molecule has 0 aliphatic rings. The topological polar surface area (TPSA) is 50.7 Å². The second-order valence-electron chi connectivity index (χ2n) is 3.33. The molecule has 0 fully saturated rings. The standard InChI is InChI=1S/C11H14N4S/c1-3-8-5-10(12-4-2)15-11(14-8)9-6-16-7-13-9/h5-7H,3-4H2,1-2H3,(H,12,14,15). The molecule has 1 N–H and O–H groups in total. The van der Waals surface area contributed by atoms with Crippen molar-refractivity contribution < 1.29 is 0 Å². The van der Waals surface area contributed by atoms with Gasteiger partial charge in [-0.15, -0.1) is 11.3 Å². The second-order valence-corrected chi connectivity index (χ2v) is 4.04. The molecule has 16 heavy (non-hydrogen) atoms. The third kappa shape index (κ3) is 2.36. The van der Waals surface area contributed by atoms with Gasteiger partial charge in [0, 0.05) is 23.7 Å². The molecule has 0 bridgehead atoms. The van der Waals surface area contributed by atoms with Crippen LogP contribution in [0, 0.1) is 0 Å². The molecule has 0 aliphatic carbocycles. The van der Waals surface area contributed by atoms with Gasteiger partial charge in [-0.05, 0) is 13.3 Å². The SMILES string of the molecule is CCNc1cc(CC)nc(-c2cscn2)n1. The van der Waals surface area contributed by atoms with E-state index in [1.807, 2.05) is 11.4 Å². The molecule has 0 radical (unpaired) electrons. The van der Waals surface area contributed by atoms with Crippen molar-refractivity contribution in [1.82, 2.24) is 15.0 Å². The first kappa shape index (κ1) is 11.0. The van der Waals surface area contributed by atoms with Crippen LogP contribution < -0.4 is 5.32 Å². The number of aromatic nitrogens is 3. The largest absolute Gasteiger partial charge is 0.370 e. The summed E-state index contributed by atoms with van der Waals surface area (Å²) in [7, 11) is 0. The first-order valence-electron chi connectivity index (χ1n) is 5.33. The summed E-state index contributed by atoms with van der Waals surface area (Å²) in [5.41, 5.74) is 3.68. The minimum atomic E-state index is 0.705. The molecule has 0 unspecified atom stereocenters. The molecule has 0 amide bonds. The van der Waals surface area contributed by atoms with Crippen LogP contribution in [0.2, 0.25) is 0 Å². The highest BCUT2D eigenvalue weighted by atomic mass is 32.1. The molecule has 0 aromatic carbocycles. The van der Waals surface area contributed by atoms with Crippen molar-refractivity contribution in [2.24, 2.45) is 0 Å². The minimum absolute atomic E-state index is 0.705. The molecule has 84 valence electrons. The average molecular weight is 234 g/mol. The maximum Gasteiger partial charge on any atom is 0.181 e. The van der Waals surface area contributed by atoms with Gasteiger partial charge in [0.25, 0.3) is 0 Å². The van der Waals surface area contributed by atoms with Crippen molar-refractivity contribution in [1.29, 1.82) is 0 Å². The van der Waals surface area contributed by atoms with E-state index in [-0.39, 0.29) is 0 Å². The Hall–Kier alpha value is -1.49. The molecule has 0 atom stereocenters. The number of thiazole rings is 1. The van der Waals surface area contributed by atoms with Crippen LogP contribution in [-0.4, -0.2) is 21.5 Å². The zero-order chi connectivity index (χ0) is 11.4. The van der Waals surface area contributed by atoms with E-state index in [4.69, 9.17) is 0 Å². The average Bonchev–Trinajstić information content (AvgIpc) is 2.82. The molecule has 0 saturated carbocycles. The van der Waals surface area contributed by atoms with E-state index in [0.29, 0.717) is 5.82 Å². The first-order chi connectivity index (χ1) is 7.83. The van der Waals surface area contributed by atoms with Gasteiger partial charge >= 0.3 is 0 Å². The highest BCUT2D eigenvalue weighted by molar-refractivity contribution is 7.07. The van der Waals surface area contributed by atoms with Gasteiger partial charge in [0.2, 0.25) is 0 Å². The van der Waals surface area contributed by atoms with Crippen molar-refractivity contribution >= 4 is 17.2 Å². The Morgan fingerprint density at radius 1 is 1.31 bits per heavy atom. The lowest BCUT2D eigenvalue weighted by molar-refractivity contribution is 0.994. The summed E-state index contributed by atoms with van der Waals surface area (Å²) in [5.74, 6) is 1.58. The van der Waals surface area contributed by atoms with Gasteiger partial charge in [-0.3, -0.25) is 0 Å². The summed E-state index contributed by atoms with van der Waals surface area (Å²) in [6, 6.07) is 1.99. The van der Waals surface area contributed by atoms with Gasteiger partial charge in [-0.2, -0.15) is 0 Å². The number of nitrogens with zero attached hydrogens (tertiary/aromatic N) is 3. The number of hydrogen-bond acceptors (Lipinski definition) is 5. The summed E-state index contributed by atoms with van der Waals surface area (Å²) in [4.78, 5) is 13.1. The van der Waals surface area contributed by atoms with Crippen LogP contribution in [0.3, 0.4) is 0 Å². The molecule has 2 aromatic heterocycles. The monoisotopic (exact) mass is 234 g/mol. The highest BCUT2D eigenvalue weighted by Gasteiger charge is 2.07. The summed E-state index contributed by atoms with van der Waals surface area (Å²) in [5, 5.41) is 5.17. The summed E-state index contributed by atoms with van der Waals surface area (Å²) in [6.07, 6.45) is 0.901. The zero-order valence-electron chi connectivity index (χ0n) is 9.40. The van der Waals surface area contributed by atoms with Gasteiger partial charge in [-0.1, -0.05) is 6.92 Å². The van der Waals surface area contributed by atoms with Gasteiger partial charge in [0.15, 0.2) is 5.82 Å². The predicted octanol–water partition coefficient (Wildman–Crippen LogP) is 2.59.